The summed E-state index contributed by atoms with van der Waals surface area (Å²) in [5.41, 5.74) is 4.06. The molecule has 0 aliphatic carbocycles. The summed E-state index contributed by atoms with van der Waals surface area (Å²) in [6.45, 7) is 2.60. The first kappa shape index (κ1) is 13.4. The molecule has 1 N–H and O–H groups in total. The second-order valence-corrected chi connectivity index (χ2v) is 5.20. The normalized spacial score (nSPS) is 10.7. The van der Waals surface area contributed by atoms with Crippen LogP contribution in [0.15, 0.2) is 59.2 Å². The van der Waals surface area contributed by atoms with Crippen LogP contribution in [-0.4, -0.2) is 5.91 Å². The Morgan fingerprint density at radius 3 is 2.67 bits per heavy atom. The summed E-state index contributed by atoms with van der Waals surface area (Å²) in [5.74, 6) is 0.00197. The van der Waals surface area contributed by atoms with Gasteiger partial charge in [0, 0.05) is 17.5 Å². The van der Waals surface area contributed by atoms with E-state index >= 15 is 0 Å². The molecule has 0 bridgehead atoms. The highest BCUT2D eigenvalue weighted by Crippen LogP contribution is 2.20. The van der Waals surface area contributed by atoms with E-state index in [-0.39, 0.29) is 5.91 Å². The minimum Gasteiger partial charge on any atom is -0.464 e. The van der Waals surface area contributed by atoms with Crippen LogP contribution in [-0.2, 0) is 17.8 Å². The Morgan fingerprint density at radius 1 is 1.10 bits per heavy atom. The SMILES string of the molecule is Cc1ccc(CNC(=O)Cc2coc3ccccc23)cc1. The molecule has 1 amide bonds. The van der Waals surface area contributed by atoms with Gasteiger partial charge in [0.25, 0.3) is 0 Å². The average Bonchev–Trinajstić information content (AvgIpc) is 2.90. The Kier molecular flexibility index (Phi) is 3.73. The Balaban J connectivity index is 1.62. The van der Waals surface area contributed by atoms with E-state index in [0.29, 0.717) is 13.0 Å². The third-order valence-corrected chi connectivity index (χ3v) is 3.52. The summed E-state index contributed by atoms with van der Waals surface area (Å²) in [5, 5.41) is 3.94. The molecule has 1 aromatic heterocycles. The molecule has 0 unspecified atom stereocenters. The molecule has 0 aliphatic heterocycles. The molecule has 0 fully saturated rings. The minimum absolute atomic E-state index is 0.00197. The maximum Gasteiger partial charge on any atom is 0.224 e. The van der Waals surface area contributed by atoms with Gasteiger partial charge in [0.15, 0.2) is 0 Å². The van der Waals surface area contributed by atoms with Crippen molar-refractivity contribution in [3.63, 3.8) is 0 Å². The molecule has 3 heteroatoms. The molecule has 0 atom stereocenters. The lowest BCUT2D eigenvalue weighted by molar-refractivity contribution is -0.120. The van der Waals surface area contributed by atoms with Crippen molar-refractivity contribution in [2.24, 2.45) is 0 Å². The average molecular weight is 279 g/mol. The van der Waals surface area contributed by atoms with Gasteiger partial charge in [-0.15, -0.1) is 0 Å². The molecule has 0 spiro atoms. The maximum atomic E-state index is 12.0. The van der Waals surface area contributed by atoms with Crippen LogP contribution < -0.4 is 5.32 Å². The molecule has 0 saturated heterocycles. The van der Waals surface area contributed by atoms with Crippen molar-refractivity contribution in [2.75, 3.05) is 0 Å². The van der Waals surface area contributed by atoms with Crippen molar-refractivity contribution >= 4 is 16.9 Å². The van der Waals surface area contributed by atoms with E-state index in [9.17, 15) is 4.79 Å². The summed E-state index contributed by atoms with van der Waals surface area (Å²) >= 11 is 0. The first-order chi connectivity index (χ1) is 10.2. The van der Waals surface area contributed by atoms with Crippen LogP contribution in [0.5, 0.6) is 0 Å². The standard InChI is InChI=1S/C18H17NO2/c1-13-6-8-14(9-7-13)11-19-18(20)10-15-12-21-17-5-3-2-4-16(15)17/h2-9,12H,10-11H2,1H3,(H,19,20). The van der Waals surface area contributed by atoms with E-state index in [4.69, 9.17) is 4.42 Å². The number of hydrogen-bond acceptors (Lipinski definition) is 2. The summed E-state index contributed by atoms with van der Waals surface area (Å²) in [6, 6.07) is 15.9. The van der Waals surface area contributed by atoms with Gasteiger partial charge in [0.05, 0.1) is 12.7 Å². The first-order valence-electron chi connectivity index (χ1n) is 7.00. The van der Waals surface area contributed by atoms with Crippen molar-refractivity contribution < 1.29 is 9.21 Å². The minimum atomic E-state index is 0.00197. The van der Waals surface area contributed by atoms with Gasteiger partial charge >= 0.3 is 0 Å². The number of aryl methyl sites for hydroxylation is 1. The van der Waals surface area contributed by atoms with Gasteiger partial charge < -0.3 is 9.73 Å². The molecule has 3 nitrogen and oxygen atoms in total. The second kappa shape index (κ2) is 5.83. The number of para-hydroxylation sites is 1. The van der Waals surface area contributed by atoms with Gasteiger partial charge in [0.2, 0.25) is 5.91 Å². The Hall–Kier alpha value is -2.55. The maximum absolute atomic E-state index is 12.0. The van der Waals surface area contributed by atoms with Crippen molar-refractivity contribution in [1.82, 2.24) is 5.32 Å². The highest BCUT2D eigenvalue weighted by molar-refractivity contribution is 5.87. The molecule has 0 aliphatic rings. The molecule has 106 valence electrons. The molecule has 0 saturated carbocycles. The van der Waals surface area contributed by atoms with Gasteiger partial charge in [-0.05, 0) is 18.6 Å². The lowest BCUT2D eigenvalue weighted by Crippen LogP contribution is -2.24. The first-order valence-corrected chi connectivity index (χ1v) is 7.00. The topological polar surface area (TPSA) is 42.2 Å². The lowest BCUT2D eigenvalue weighted by Gasteiger charge is -2.05. The van der Waals surface area contributed by atoms with Gasteiger partial charge in [-0.25, -0.2) is 0 Å². The fourth-order valence-corrected chi connectivity index (χ4v) is 2.31. The van der Waals surface area contributed by atoms with Gasteiger partial charge in [-0.2, -0.15) is 0 Å². The summed E-state index contributed by atoms with van der Waals surface area (Å²) in [4.78, 5) is 12.0. The second-order valence-electron chi connectivity index (χ2n) is 5.20. The lowest BCUT2D eigenvalue weighted by atomic mass is 10.1. The summed E-state index contributed by atoms with van der Waals surface area (Å²) < 4.78 is 5.45. The molecule has 2 aromatic carbocycles. The van der Waals surface area contributed by atoms with E-state index in [1.165, 1.54) is 5.56 Å². The monoisotopic (exact) mass is 279 g/mol. The van der Waals surface area contributed by atoms with Crippen molar-refractivity contribution in [3.8, 4) is 0 Å². The molecular formula is C18H17NO2. The largest absolute Gasteiger partial charge is 0.464 e. The highest BCUT2D eigenvalue weighted by Gasteiger charge is 2.09. The molecule has 0 radical (unpaired) electrons. The number of hydrogen-bond donors (Lipinski definition) is 1. The number of nitrogens with one attached hydrogen (secondary N) is 1. The third kappa shape index (κ3) is 3.14. The van der Waals surface area contributed by atoms with Gasteiger partial charge in [-0.3, -0.25) is 4.79 Å². The quantitative estimate of drug-likeness (QED) is 0.793. The van der Waals surface area contributed by atoms with E-state index in [1.807, 2.05) is 55.5 Å². The summed E-state index contributed by atoms with van der Waals surface area (Å²) in [6.07, 6.45) is 2.00. The van der Waals surface area contributed by atoms with E-state index in [2.05, 4.69) is 5.32 Å². The van der Waals surface area contributed by atoms with E-state index < -0.39 is 0 Å². The van der Waals surface area contributed by atoms with Crippen molar-refractivity contribution in [1.29, 1.82) is 0 Å². The van der Waals surface area contributed by atoms with Crippen LogP contribution in [0.3, 0.4) is 0 Å². The molecule has 3 aromatic rings. The van der Waals surface area contributed by atoms with Gasteiger partial charge in [-0.1, -0.05) is 48.0 Å². The smallest absolute Gasteiger partial charge is 0.224 e. The number of furan rings is 1. The predicted molar refractivity (Wildman–Crippen MR) is 82.9 cm³/mol. The Bertz CT molecular complexity index is 756. The highest BCUT2D eigenvalue weighted by atomic mass is 16.3. The Morgan fingerprint density at radius 2 is 1.86 bits per heavy atom. The third-order valence-electron chi connectivity index (χ3n) is 3.52. The van der Waals surface area contributed by atoms with Crippen LogP contribution in [0.2, 0.25) is 0 Å². The van der Waals surface area contributed by atoms with E-state index in [0.717, 1.165) is 22.1 Å². The molecule has 1 heterocycles. The molecule has 3 rings (SSSR count). The van der Waals surface area contributed by atoms with Crippen LogP contribution in [0.4, 0.5) is 0 Å². The number of benzene rings is 2. The van der Waals surface area contributed by atoms with E-state index in [1.54, 1.807) is 6.26 Å². The zero-order chi connectivity index (χ0) is 14.7. The molecular weight excluding hydrogens is 262 g/mol. The fourth-order valence-electron chi connectivity index (χ4n) is 2.31. The fraction of sp³-hybridized carbons (Fsp3) is 0.167. The van der Waals surface area contributed by atoms with Crippen molar-refractivity contribution in [3.05, 3.63) is 71.5 Å². The number of carbonyl (C=O) groups is 1. The number of amides is 1. The predicted octanol–water partition coefficient (Wildman–Crippen LogP) is 3.60. The Labute approximate surface area is 123 Å². The zero-order valence-electron chi connectivity index (χ0n) is 11.9. The van der Waals surface area contributed by atoms with Gasteiger partial charge in [0.1, 0.15) is 5.58 Å². The number of rotatable bonds is 4. The molecule has 21 heavy (non-hydrogen) atoms. The van der Waals surface area contributed by atoms with Crippen LogP contribution in [0.1, 0.15) is 16.7 Å². The van der Waals surface area contributed by atoms with Crippen LogP contribution in [0, 0.1) is 6.92 Å². The van der Waals surface area contributed by atoms with Crippen molar-refractivity contribution in [2.45, 2.75) is 19.9 Å². The van der Waals surface area contributed by atoms with Crippen LogP contribution >= 0.6 is 0 Å². The number of fused-ring (bicyclic) bond motifs is 1. The summed E-state index contributed by atoms with van der Waals surface area (Å²) in [7, 11) is 0. The van der Waals surface area contributed by atoms with Crippen LogP contribution in [0.25, 0.3) is 11.0 Å². The zero-order valence-corrected chi connectivity index (χ0v) is 11.9. The number of carbonyl (C=O) groups excluding carboxylic acids is 1.